The molecule has 0 spiro atoms. The first kappa shape index (κ1) is 20.0. The van der Waals surface area contributed by atoms with Crippen molar-refractivity contribution in [2.75, 3.05) is 26.2 Å². The van der Waals surface area contributed by atoms with Crippen LogP contribution in [0.5, 0.6) is 0 Å². The Morgan fingerprint density at radius 2 is 2.04 bits per heavy atom. The number of ether oxygens (including phenoxy) is 1. The van der Waals surface area contributed by atoms with Crippen LogP contribution in [-0.4, -0.2) is 45.5 Å². The van der Waals surface area contributed by atoms with Gasteiger partial charge in [0.1, 0.15) is 0 Å². The number of hydrogen-bond acceptors (Lipinski definition) is 6. The van der Waals surface area contributed by atoms with E-state index < -0.39 is 16.0 Å². The molecule has 8 heteroatoms. The van der Waals surface area contributed by atoms with Crippen LogP contribution in [0.15, 0.2) is 46.7 Å². The van der Waals surface area contributed by atoms with Crippen LogP contribution in [0.3, 0.4) is 0 Å². The van der Waals surface area contributed by atoms with Gasteiger partial charge in [-0.3, -0.25) is 4.90 Å². The van der Waals surface area contributed by atoms with Crippen molar-refractivity contribution < 1.29 is 17.9 Å². The van der Waals surface area contributed by atoms with Gasteiger partial charge in [-0.05, 0) is 62.5 Å². The summed E-state index contributed by atoms with van der Waals surface area (Å²) >= 11 is 1.64. The predicted molar refractivity (Wildman–Crippen MR) is 105 cm³/mol. The molecule has 0 bridgehead atoms. The van der Waals surface area contributed by atoms with Gasteiger partial charge >= 0.3 is 5.97 Å². The lowest BCUT2D eigenvalue weighted by Gasteiger charge is -2.26. The Morgan fingerprint density at radius 1 is 1.26 bits per heavy atom. The molecular formula is C19H24N2O4S2. The summed E-state index contributed by atoms with van der Waals surface area (Å²) in [5.41, 5.74) is 0.231. The summed E-state index contributed by atoms with van der Waals surface area (Å²) < 4.78 is 33.2. The standard InChI is InChI=1S/C19H24N2O4S2/c1-2-25-19(22)15-7-5-8-16(13-15)27(23,24)20-14-17(18-9-6-12-26-18)21-10-3-4-11-21/h5-9,12-13,17,20H,2-4,10-11,14H2,1H3. The van der Waals surface area contributed by atoms with E-state index >= 15 is 0 Å². The first-order valence-electron chi connectivity index (χ1n) is 9.05. The molecule has 0 saturated carbocycles. The van der Waals surface area contributed by atoms with Crippen molar-refractivity contribution in [2.45, 2.75) is 30.7 Å². The van der Waals surface area contributed by atoms with Crippen LogP contribution in [0.25, 0.3) is 0 Å². The van der Waals surface area contributed by atoms with E-state index in [9.17, 15) is 13.2 Å². The van der Waals surface area contributed by atoms with Crippen LogP contribution >= 0.6 is 11.3 Å². The second-order valence-corrected chi connectivity index (χ2v) is 9.12. The predicted octanol–water partition coefficient (Wildman–Crippen LogP) is 3.04. The maximum atomic E-state index is 12.8. The van der Waals surface area contributed by atoms with Gasteiger partial charge in [-0.2, -0.15) is 0 Å². The largest absolute Gasteiger partial charge is 0.462 e. The van der Waals surface area contributed by atoms with Crippen molar-refractivity contribution in [3.8, 4) is 0 Å². The fraction of sp³-hybridized carbons (Fsp3) is 0.421. The number of esters is 1. The monoisotopic (exact) mass is 408 g/mol. The Hall–Kier alpha value is -1.74. The van der Waals surface area contributed by atoms with Gasteiger partial charge in [0, 0.05) is 11.4 Å². The van der Waals surface area contributed by atoms with Gasteiger partial charge < -0.3 is 4.74 Å². The maximum Gasteiger partial charge on any atom is 0.338 e. The number of rotatable bonds is 8. The van der Waals surface area contributed by atoms with Gasteiger partial charge in [-0.1, -0.05) is 12.1 Å². The van der Waals surface area contributed by atoms with Gasteiger partial charge in [0.25, 0.3) is 0 Å². The highest BCUT2D eigenvalue weighted by atomic mass is 32.2. The number of nitrogens with one attached hydrogen (secondary N) is 1. The lowest BCUT2D eigenvalue weighted by atomic mass is 10.2. The maximum absolute atomic E-state index is 12.8. The highest BCUT2D eigenvalue weighted by Gasteiger charge is 2.26. The SMILES string of the molecule is CCOC(=O)c1cccc(S(=O)(=O)NCC(c2cccs2)N2CCCC2)c1. The minimum absolute atomic E-state index is 0.0236. The summed E-state index contributed by atoms with van der Waals surface area (Å²) in [4.78, 5) is 15.4. The Morgan fingerprint density at radius 3 is 2.70 bits per heavy atom. The molecule has 1 N–H and O–H groups in total. The van der Waals surface area contributed by atoms with E-state index in [-0.39, 0.29) is 23.1 Å². The fourth-order valence-electron chi connectivity index (χ4n) is 3.22. The van der Waals surface area contributed by atoms with Gasteiger partial charge in [0.15, 0.2) is 0 Å². The van der Waals surface area contributed by atoms with E-state index in [1.807, 2.05) is 17.5 Å². The Labute approximate surface area is 164 Å². The first-order valence-corrected chi connectivity index (χ1v) is 11.4. The topological polar surface area (TPSA) is 75.7 Å². The molecule has 27 heavy (non-hydrogen) atoms. The zero-order valence-electron chi connectivity index (χ0n) is 15.3. The molecule has 1 aromatic heterocycles. The van der Waals surface area contributed by atoms with Crippen molar-refractivity contribution in [3.63, 3.8) is 0 Å². The molecule has 146 valence electrons. The van der Waals surface area contributed by atoms with E-state index in [0.717, 1.165) is 30.8 Å². The third-order valence-corrected chi connectivity index (χ3v) is 6.97. The molecule has 3 rings (SSSR count). The van der Waals surface area contributed by atoms with Gasteiger partial charge in [-0.25, -0.2) is 17.9 Å². The molecular weight excluding hydrogens is 384 g/mol. The van der Waals surface area contributed by atoms with Crippen molar-refractivity contribution in [1.29, 1.82) is 0 Å². The average molecular weight is 409 g/mol. The van der Waals surface area contributed by atoms with E-state index in [1.54, 1.807) is 30.4 Å². The van der Waals surface area contributed by atoms with Crippen molar-refractivity contribution in [3.05, 3.63) is 52.2 Å². The summed E-state index contributed by atoms with van der Waals surface area (Å²) in [6.07, 6.45) is 2.27. The van der Waals surface area contributed by atoms with E-state index in [4.69, 9.17) is 4.74 Å². The highest BCUT2D eigenvalue weighted by molar-refractivity contribution is 7.89. The first-order chi connectivity index (χ1) is 13.0. The third-order valence-electron chi connectivity index (χ3n) is 4.58. The Bertz CT molecular complexity index is 860. The van der Waals surface area contributed by atoms with Crippen LogP contribution in [0.2, 0.25) is 0 Å². The van der Waals surface area contributed by atoms with Gasteiger partial charge in [0.05, 0.1) is 23.1 Å². The second kappa shape index (κ2) is 8.97. The Balaban J connectivity index is 1.75. The summed E-state index contributed by atoms with van der Waals surface area (Å²) in [5.74, 6) is -0.525. The molecule has 1 saturated heterocycles. The number of likely N-dealkylation sites (tertiary alicyclic amines) is 1. The number of sulfonamides is 1. The van der Waals surface area contributed by atoms with Crippen LogP contribution in [0.4, 0.5) is 0 Å². The summed E-state index contributed by atoms with van der Waals surface area (Å²) in [6.45, 7) is 4.20. The molecule has 6 nitrogen and oxygen atoms in total. The molecule has 1 aliphatic heterocycles. The molecule has 0 amide bonds. The Kier molecular flexibility index (Phi) is 6.64. The lowest BCUT2D eigenvalue weighted by molar-refractivity contribution is 0.0526. The smallest absolute Gasteiger partial charge is 0.338 e. The zero-order chi connectivity index (χ0) is 19.3. The quantitative estimate of drug-likeness (QED) is 0.680. The molecule has 0 aliphatic carbocycles. The zero-order valence-corrected chi connectivity index (χ0v) is 16.9. The van der Waals surface area contributed by atoms with Crippen molar-refractivity contribution >= 4 is 27.3 Å². The molecule has 1 aliphatic rings. The molecule has 1 unspecified atom stereocenters. The third kappa shape index (κ3) is 4.95. The number of nitrogens with zero attached hydrogens (tertiary/aromatic N) is 1. The number of hydrogen-bond donors (Lipinski definition) is 1. The second-order valence-electron chi connectivity index (χ2n) is 6.37. The van der Waals surface area contributed by atoms with Crippen LogP contribution in [-0.2, 0) is 14.8 Å². The number of benzene rings is 1. The van der Waals surface area contributed by atoms with Gasteiger partial charge in [0.2, 0.25) is 10.0 Å². The molecule has 2 aromatic rings. The number of carbonyl (C=O) groups is 1. The molecule has 1 atom stereocenters. The molecule has 1 fully saturated rings. The fourth-order valence-corrected chi connectivity index (χ4v) is 5.17. The van der Waals surface area contributed by atoms with Crippen molar-refractivity contribution in [2.24, 2.45) is 0 Å². The van der Waals surface area contributed by atoms with Gasteiger partial charge in [-0.15, -0.1) is 11.3 Å². The summed E-state index contributed by atoms with van der Waals surface area (Å²) in [7, 11) is -3.73. The van der Waals surface area contributed by atoms with Crippen LogP contribution < -0.4 is 4.72 Å². The average Bonchev–Trinajstić information content (AvgIpc) is 3.37. The number of thiophene rings is 1. The minimum Gasteiger partial charge on any atom is -0.462 e. The summed E-state index contributed by atoms with van der Waals surface area (Å²) in [6, 6.07) is 10.0. The molecule has 2 heterocycles. The molecule has 1 aromatic carbocycles. The minimum atomic E-state index is -3.73. The molecule has 0 radical (unpaired) electrons. The number of carbonyl (C=O) groups excluding carboxylic acids is 1. The lowest BCUT2D eigenvalue weighted by Crippen LogP contribution is -2.36. The van der Waals surface area contributed by atoms with Crippen molar-refractivity contribution in [1.82, 2.24) is 9.62 Å². The van der Waals surface area contributed by atoms with Crippen LogP contribution in [0.1, 0.15) is 41.0 Å². The van der Waals surface area contributed by atoms with E-state index in [0.29, 0.717) is 6.54 Å². The normalized spacial score (nSPS) is 16.3. The van der Waals surface area contributed by atoms with E-state index in [1.165, 1.54) is 12.1 Å². The highest BCUT2D eigenvalue weighted by Crippen LogP contribution is 2.28. The van der Waals surface area contributed by atoms with Crippen LogP contribution in [0, 0.1) is 0 Å². The van der Waals surface area contributed by atoms with E-state index in [2.05, 4.69) is 9.62 Å². The summed E-state index contributed by atoms with van der Waals surface area (Å²) in [5, 5.41) is 2.01.